The summed E-state index contributed by atoms with van der Waals surface area (Å²) < 4.78 is 56.3. The summed E-state index contributed by atoms with van der Waals surface area (Å²) in [6, 6.07) is 1.25. The third kappa shape index (κ3) is 3.96. The van der Waals surface area contributed by atoms with Crippen molar-refractivity contribution in [1.82, 2.24) is 0 Å². The summed E-state index contributed by atoms with van der Waals surface area (Å²) in [4.78, 5) is 0. The van der Waals surface area contributed by atoms with E-state index < -0.39 is 23.6 Å². The van der Waals surface area contributed by atoms with Crippen molar-refractivity contribution in [2.75, 3.05) is 6.61 Å². The summed E-state index contributed by atoms with van der Waals surface area (Å²) in [6.07, 6.45) is -4.71. The third-order valence-corrected chi connectivity index (χ3v) is 2.33. The molecule has 0 saturated carbocycles. The molecule has 2 nitrogen and oxygen atoms in total. The Hall–Kier alpha value is -1.14. The Morgan fingerprint density at radius 3 is 2.39 bits per heavy atom. The van der Waals surface area contributed by atoms with Crippen LogP contribution in [0.5, 0.6) is 0 Å². The van der Waals surface area contributed by atoms with Crippen LogP contribution in [0.3, 0.4) is 0 Å². The molecular weight excluding hydrogens is 250 g/mol. The van der Waals surface area contributed by atoms with Crippen LogP contribution in [0, 0.1) is 5.82 Å². The summed E-state index contributed by atoms with van der Waals surface area (Å²) in [7, 11) is 0. The molecule has 0 bridgehead atoms. The first kappa shape index (κ1) is 14.9. The van der Waals surface area contributed by atoms with Crippen LogP contribution in [0.25, 0.3) is 0 Å². The smallest absolute Gasteiger partial charge is 0.377 e. The van der Waals surface area contributed by atoms with Crippen LogP contribution in [0.2, 0.25) is 0 Å². The lowest BCUT2D eigenvalue weighted by molar-refractivity contribution is -0.138. The van der Waals surface area contributed by atoms with Gasteiger partial charge in [0.05, 0.1) is 24.3 Å². The topological polar surface area (TPSA) is 35.2 Å². The highest BCUT2D eigenvalue weighted by atomic mass is 19.4. The van der Waals surface area contributed by atoms with Crippen molar-refractivity contribution in [3.8, 4) is 0 Å². The van der Waals surface area contributed by atoms with Gasteiger partial charge < -0.3 is 10.5 Å². The second-order valence-corrected chi connectivity index (χ2v) is 4.22. The molecule has 1 aromatic rings. The van der Waals surface area contributed by atoms with Crippen LogP contribution < -0.4 is 5.73 Å². The molecule has 6 heteroatoms. The average Bonchev–Trinajstić information content (AvgIpc) is 2.23. The molecule has 2 N–H and O–H groups in total. The molecule has 1 unspecified atom stereocenters. The summed E-state index contributed by atoms with van der Waals surface area (Å²) in [5.74, 6) is -0.752. The second kappa shape index (κ2) is 5.67. The van der Waals surface area contributed by atoms with E-state index in [1.165, 1.54) is 0 Å². The number of ether oxygens (including phenoxy) is 1. The van der Waals surface area contributed by atoms with E-state index in [0.29, 0.717) is 6.07 Å². The number of rotatable bonds is 4. The standard InChI is InChI=1S/C12H15F4NO/c1-7(2)18-6-11(17)9-5-8(13)3-4-10(9)12(14,15)16/h3-5,7,11H,6,17H2,1-2H3. The Bertz CT molecular complexity index is 404. The molecule has 1 atom stereocenters. The first-order valence-electron chi connectivity index (χ1n) is 5.45. The fourth-order valence-corrected chi connectivity index (χ4v) is 1.48. The fourth-order valence-electron chi connectivity index (χ4n) is 1.48. The molecule has 0 fully saturated rings. The first-order valence-corrected chi connectivity index (χ1v) is 5.45. The predicted molar refractivity (Wildman–Crippen MR) is 59.4 cm³/mol. The monoisotopic (exact) mass is 265 g/mol. The van der Waals surface area contributed by atoms with Crippen LogP contribution in [0.1, 0.15) is 31.0 Å². The molecule has 0 heterocycles. The highest BCUT2D eigenvalue weighted by molar-refractivity contribution is 5.33. The zero-order valence-electron chi connectivity index (χ0n) is 10.1. The largest absolute Gasteiger partial charge is 0.416 e. The normalized spacial score (nSPS) is 14.0. The fraction of sp³-hybridized carbons (Fsp3) is 0.500. The molecule has 0 saturated heterocycles. The summed E-state index contributed by atoms with van der Waals surface area (Å²) in [6.45, 7) is 3.39. The minimum absolute atomic E-state index is 0.0931. The molecule has 0 amide bonds. The molecule has 0 spiro atoms. The maximum atomic E-state index is 13.0. The van der Waals surface area contributed by atoms with E-state index in [1.807, 2.05) is 0 Å². The molecule has 0 aromatic heterocycles. The van der Waals surface area contributed by atoms with Gasteiger partial charge in [0.25, 0.3) is 0 Å². The molecule has 0 aliphatic heterocycles. The van der Waals surface area contributed by atoms with Crippen LogP contribution in [-0.4, -0.2) is 12.7 Å². The van der Waals surface area contributed by atoms with Crippen LogP contribution in [0.15, 0.2) is 18.2 Å². The van der Waals surface area contributed by atoms with E-state index in [0.717, 1.165) is 12.1 Å². The highest BCUT2D eigenvalue weighted by Gasteiger charge is 2.34. The van der Waals surface area contributed by atoms with Gasteiger partial charge in [-0.15, -0.1) is 0 Å². The van der Waals surface area contributed by atoms with Gasteiger partial charge in [0.2, 0.25) is 0 Å². The van der Waals surface area contributed by atoms with Crippen LogP contribution in [-0.2, 0) is 10.9 Å². The Balaban J connectivity index is 3.02. The van der Waals surface area contributed by atoms with Gasteiger partial charge >= 0.3 is 6.18 Å². The summed E-state index contributed by atoms with van der Waals surface area (Å²) in [5, 5.41) is 0. The van der Waals surface area contributed by atoms with E-state index in [9.17, 15) is 17.6 Å². The lowest BCUT2D eigenvalue weighted by Crippen LogP contribution is -2.23. The van der Waals surface area contributed by atoms with Crippen molar-refractivity contribution in [3.63, 3.8) is 0 Å². The van der Waals surface area contributed by atoms with Crippen molar-refractivity contribution in [3.05, 3.63) is 35.1 Å². The van der Waals surface area contributed by atoms with E-state index in [1.54, 1.807) is 13.8 Å². The van der Waals surface area contributed by atoms with E-state index in [4.69, 9.17) is 10.5 Å². The number of nitrogens with two attached hydrogens (primary N) is 1. The van der Waals surface area contributed by atoms with Crippen molar-refractivity contribution in [2.45, 2.75) is 32.2 Å². The van der Waals surface area contributed by atoms with Gasteiger partial charge in [0, 0.05) is 0 Å². The number of benzene rings is 1. The van der Waals surface area contributed by atoms with Gasteiger partial charge in [0.1, 0.15) is 5.82 Å². The van der Waals surface area contributed by atoms with Gasteiger partial charge in [-0.2, -0.15) is 13.2 Å². The third-order valence-electron chi connectivity index (χ3n) is 2.33. The maximum Gasteiger partial charge on any atom is 0.416 e. The Morgan fingerprint density at radius 2 is 1.89 bits per heavy atom. The predicted octanol–water partition coefficient (Wildman–Crippen LogP) is 3.27. The molecular formula is C12H15F4NO. The van der Waals surface area contributed by atoms with Gasteiger partial charge in [-0.25, -0.2) is 4.39 Å². The Morgan fingerprint density at radius 1 is 1.28 bits per heavy atom. The van der Waals surface area contributed by atoms with Crippen molar-refractivity contribution >= 4 is 0 Å². The maximum absolute atomic E-state index is 13.0. The van der Waals surface area contributed by atoms with E-state index >= 15 is 0 Å². The first-order chi connectivity index (χ1) is 8.21. The highest BCUT2D eigenvalue weighted by Crippen LogP contribution is 2.34. The van der Waals surface area contributed by atoms with Crippen molar-refractivity contribution in [1.29, 1.82) is 0 Å². The van der Waals surface area contributed by atoms with Crippen molar-refractivity contribution < 1.29 is 22.3 Å². The lowest BCUT2D eigenvalue weighted by Gasteiger charge is -2.19. The molecule has 1 rings (SSSR count). The molecule has 0 aliphatic rings. The van der Waals surface area contributed by atoms with Gasteiger partial charge in [-0.1, -0.05) is 0 Å². The number of halogens is 4. The molecule has 1 aromatic carbocycles. The number of hydrogen-bond donors (Lipinski definition) is 1. The Kier molecular flexibility index (Phi) is 4.70. The molecule has 0 aliphatic carbocycles. The van der Waals surface area contributed by atoms with Gasteiger partial charge in [-0.05, 0) is 37.6 Å². The minimum atomic E-state index is -4.56. The zero-order valence-corrected chi connectivity index (χ0v) is 10.1. The van der Waals surface area contributed by atoms with E-state index in [-0.39, 0.29) is 18.3 Å². The SMILES string of the molecule is CC(C)OCC(N)c1cc(F)ccc1C(F)(F)F. The van der Waals surface area contributed by atoms with Gasteiger partial charge in [0.15, 0.2) is 0 Å². The van der Waals surface area contributed by atoms with Crippen LogP contribution in [0.4, 0.5) is 17.6 Å². The summed E-state index contributed by atoms with van der Waals surface area (Å²) in [5.41, 5.74) is 4.40. The van der Waals surface area contributed by atoms with Crippen LogP contribution >= 0.6 is 0 Å². The zero-order chi connectivity index (χ0) is 13.9. The second-order valence-electron chi connectivity index (χ2n) is 4.22. The molecule has 18 heavy (non-hydrogen) atoms. The van der Waals surface area contributed by atoms with Gasteiger partial charge in [-0.3, -0.25) is 0 Å². The minimum Gasteiger partial charge on any atom is -0.377 e. The number of hydrogen-bond acceptors (Lipinski definition) is 2. The molecule has 0 radical (unpaired) electrons. The quantitative estimate of drug-likeness (QED) is 0.848. The Labute approximate surface area is 103 Å². The van der Waals surface area contributed by atoms with E-state index in [2.05, 4.69) is 0 Å². The average molecular weight is 265 g/mol. The van der Waals surface area contributed by atoms with Crippen molar-refractivity contribution in [2.24, 2.45) is 5.73 Å². The lowest BCUT2D eigenvalue weighted by atomic mass is 10.0. The summed E-state index contributed by atoms with van der Waals surface area (Å²) >= 11 is 0. The number of alkyl halides is 3. The molecule has 102 valence electrons.